The number of hydrogen-bond acceptors (Lipinski definition) is 5. The quantitative estimate of drug-likeness (QED) is 0.557. The molecule has 12 heteroatoms. The van der Waals surface area contributed by atoms with E-state index in [2.05, 4.69) is 9.71 Å². The van der Waals surface area contributed by atoms with Gasteiger partial charge in [-0.05, 0) is 55.5 Å². The largest absolute Gasteiger partial charge is 0.416 e. The Balaban J connectivity index is 1.43. The second-order valence-corrected chi connectivity index (χ2v) is 11.7. The van der Waals surface area contributed by atoms with Crippen molar-refractivity contribution in [3.8, 4) is 0 Å². The average molecular weight is 543 g/mol. The number of nitrogens with zero attached hydrogens (tertiary/aromatic N) is 3. The number of pyridine rings is 1. The highest BCUT2D eigenvalue weighted by molar-refractivity contribution is 7.89. The Hall–Kier alpha value is -2.73. The number of rotatable bonds is 6. The number of sulfonamides is 1. The van der Waals surface area contributed by atoms with E-state index in [1.54, 1.807) is 9.80 Å². The molecule has 2 heterocycles. The summed E-state index contributed by atoms with van der Waals surface area (Å²) >= 11 is 0. The van der Waals surface area contributed by atoms with Gasteiger partial charge in [0.2, 0.25) is 15.9 Å². The molecule has 202 valence electrons. The molecule has 2 atom stereocenters. The molecule has 2 aliphatic rings. The molecule has 0 bridgehead atoms. The molecule has 37 heavy (non-hydrogen) atoms. The molecule has 1 N–H and O–H groups in total. The smallest absolute Gasteiger partial charge is 0.353 e. The molecule has 1 saturated carbocycles. The van der Waals surface area contributed by atoms with Crippen LogP contribution >= 0.6 is 0 Å². The number of hydrogen-bond donors (Lipinski definition) is 1. The van der Waals surface area contributed by atoms with E-state index in [0.717, 1.165) is 24.4 Å². The zero-order valence-corrected chi connectivity index (χ0v) is 21.4. The minimum absolute atomic E-state index is 0.0631. The van der Waals surface area contributed by atoms with Gasteiger partial charge in [0.1, 0.15) is 11.6 Å². The number of anilines is 1. The first-order chi connectivity index (χ1) is 17.3. The molecule has 0 radical (unpaired) electrons. The van der Waals surface area contributed by atoms with E-state index in [0.29, 0.717) is 45.4 Å². The van der Waals surface area contributed by atoms with E-state index in [-0.39, 0.29) is 22.5 Å². The van der Waals surface area contributed by atoms with Crippen molar-refractivity contribution in [2.75, 3.05) is 31.1 Å². The highest BCUT2D eigenvalue weighted by atomic mass is 32.2. The third kappa shape index (κ3) is 5.74. The minimum Gasteiger partial charge on any atom is -0.353 e. The van der Waals surface area contributed by atoms with E-state index in [1.165, 1.54) is 18.2 Å². The lowest BCUT2D eigenvalue weighted by molar-refractivity contribution is -0.145. The maximum atomic E-state index is 13.7. The van der Waals surface area contributed by atoms with Gasteiger partial charge < -0.3 is 9.80 Å². The molecule has 1 aliphatic carbocycles. The first kappa shape index (κ1) is 27.3. The van der Waals surface area contributed by atoms with Gasteiger partial charge in [-0.2, -0.15) is 13.2 Å². The average Bonchev–Trinajstić information content (AvgIpc) is 3.28. The normalized spacial score (nSPS) is 23.1. The summed E-state index contributed by atoms with van der Waals surface area (Å²) in [4.78, 5) is 21.1. The van der Waals surface area contributed by atoms with Crippen LogP contribution < -0.4 is 9.62 Å². The molecule has 1 amide bonds. The van der Waals surface area contributed by atoms with Crippen LogP contribution in [0.2, 0.25) is 0 Å². The number of piperazine rings is 1. The molecule has 1 aromatic heterocycles. The van der Waals surface area contributed by atoms with E-state index in [4.69, 9.17) is 0 Å². The maximum absolute atomic E-state index is 13.7. The predicted octanol–water partition coefficient (Wildman–Crippen LogP) is 4.06. The standard InChI is InChI=1S/C25H30F4N4O3S/c1-17(2)24(8-6-20(16-24)31-37(35,36)21-5-3-4-19(26)15-21)23(34)33-12-10-32(11-13-33)22-14-18(7-9-30-22)25(27,28)29/h3-5,7,9,14-15,17,20,31H,6,8,10-13,16H2,1-2H3. The summed E-state index contributed by atoms with van der Waals surface area (Å²) < 4.78 is 81.0. The Morgan fingerprint density at radius 2 is 1.84 bits per heavy atom. The number of nitrogens with one attached hydrogen (secondary N) is 1. The van der Waals surface area contributed by atoms with Crippen LogP contribution in [-0.2, 0) is 21.0 Å². The number of carbonyl (C=O) groups excluding carboxylic acids is 1. The molecule has 1 aliphatic heterocycles. The van der Waals surface area contributed by atoms with Crippen molar-refractivity contribution in [1.82, 2.24) is 14.6 Å². The summed E-state index contributed by atoms with van der Waals surface area (Å²) in [7, 11) is -3.95. The topological polar surface area (TPSA) is 82.6 Å². The lowest BCUT2D eigenvalue weighted by atomic mass is 9.74. The number of halogens is 4. The summed E-state index contributed by atoms with van der Waals surface area (Å²) in [5.74, 6) is -0.577. The number of alkyl halides is 3. The highest BCUT2D eigenvalue weighted by Gasteiger charge is 2.50. The third-order valence-corrected chi connectivity index (χ3v) is 8.99. The van der Waals surface area contributed by atoms with Gasteiger partial charge in [0.25, 0.3) is 0 Å². The van der Waals surface area contributed by atoms with Crippen LogP contribution in [0.1, 0.15) is 38.7 Å². The highest BCUT2D eigenvalue weighted by Crippen LogP contribution is 2.46. The summed E-state index contributed by atoms with van der Waals surface area (Å²) in [5, 5.41) is 0. The monoisotopic (exact) mass is 542 g/mol. The molecule has 7 nitrogen and oxygen atoms in total. The zero-order chi connectivity index (χ0) is 27.0. The molecule has 2 unspecified atom stereocenters. The summed E-state index contributed by atoms with van der Waals surface area (Å²) in [6.45, 7) is 5.19. The third-order valence-electron chi connectivity index (χ3n) is 7.47. The van der Waals surface area contributed by atoms with Crippen LogP contribution in [-0.4, -0.2) is 56.4 Å². The van der Waals surface area contributed by atoms with Crippen LogP contribution in [0.25, 0.3) is 0 Å². The Kier molecular flexibility index (Phi) is 7.53. The van der Waals surface area contributed by atoms with Crippen molar-refractivity contribution >= 4 is 21.7 Å². The Bertz CT molecular complexity index is 1250. The molecular formula is C25H30F4N4O3S. The fraction of sp³-hybridized carbons (Fsp3) is 0.520. The van der Waals surface area contributed by atoms with E-state index in [9.17, 15) is 30.8 Å². The number of carbonyl (C=O) groups is 1. The van der Waals surface area contributed by atoms with Gasteiger partial charge >= 0.3 is 6.18 Å². The SMILES string of the molecule is CC(C)C1(C(=O)N2CCN(c3cc(C(F)(F)F)ccn3)CC2)CCC(NS(=O)(=O)c2cccc(F)c2)C1. The number of benzene rings is 1. The van der Waals surface area contributed by atoms with Crippen molar-refractivity contribution in [1.29, 1.82) is 0 Å². The maximum Gasteiger partial charge on any atom is 0.416 e. The van der Waals surface area contributed by atoms with Crippen molar-refractivity contribution in [3.63, 3.8) is 0 Å². The lowest BCUT2D eigenvalue weighted by Crippen LogP contribution is -2.54. The van der Waals surface area contributed by atoms with Crippen LogP contribution in [0, 0.1) is 17.2 Å². The van der Waals surface area contributed by atoms with Gasteiger partial charge in [-0.3, -0.25) is 4.79 Å². The van der Waals surface area contributed by atoms with Gasteiger partial charge in [0.05, 0.1) is 15.9 Å². The molecule has 2 aromatic rings. The fourth-order valence-corrected chi connectivity index (χ4v) is 6.59. The summed E-state index contributed by atoms with van der Waals surface area (Å²) in [6, 6.07) is 6.23. The van der Waals surface area contributed by atoms with Crippen molar-refractivity contribution in [2.24, 2.45) is 11.3 Å². The first-order valence-electron chi connectivity index (χ1n) is 12.2. The number of aromatic nitrogens is 1. The van der Waals surface area contributed by atoms with E-state index < -0.39 is 39.0 Å². The second-order valence-electron chi connectivity index (χ2n) is 10.0. The summed E-state index contributed by atoms with van der Waals surface area (Å²) in [5.41, 5.74) is -1.54. The molecule has 2 fully saturated rings. The minimum atomic E-state index is -4.46. The van der Waals surface area contributed by atoms with Gasteiger partial charge in [0.15, 0.2) is 0 Å². The van der Waals surface area contributed by atoms with Crippen LogP contribution in [0.5, 0.6) is 0 Å². The molecule has 1 saturated heterocycles. The van der Waals surface area contributed by atoms with E-state index in [1.807, 2.05) is 13.8 Å². The van der Waals surface area contributed by atoms with Crippen LogP contribution in [0.4, 0.5) is 23.4 Å². The predicted molar refractivity (Wildman–Crippen MR) is 130 cm³/mol. The van der Waals surface area contributed by atoms with Gasteiger partial charge in [-0.25, -0.2) is 22.5 Å². The van der Waals surface area contributed by atoms with Gasteiger partial charge in [-0.15, -0.1) is 0 Å². The lowest BCUT2D eigenvalue weighted by Gasteiger charge is -2.42. The van der Waals surface area contributed by atoms with Crippen molar-refractivity contribution < 1.29 is 30.8 Å². The first-order valence-corrected chi connectivity index (χ1v) is 13.7. The second kappa shape index (κ2) is 10.2. The number of amides is 1. The molecular weight excluding hydrogens is 512 g/mol. The van der Waals surface area contributed by atoms with Crippen molar-refractivity contribution in [3.05, 3.63) is 54.0 Å². The van der Waals surface area contributed by atoms with Crippen LogP contribution in [0.15, 0.2) is 47.5 Å². The van der Waals surface area contributed by atoms with Gasteiger partial charge in [-0.1, -0.05) is 19.9 Å². The Labute approximate surface area is 213 Å². The fourth-order valence-electron chi connectivity index (χ4n) is 5.28. The molecule has 4 rings (SSSR count). The Morgan fingerprint density at radius 1 is 1.14 bits per heavy atom. The molecule has 1 aromatic carbocycles. The Morgan fingerprint density at radius 3 is 2.46 bits per heavy atom. The molecule has 0 spiro atoms. The van der Waals surface area contributed by atoms with Gasteiger partial charge in [0, 0.05) is 38.4 Å². The summed E-state index contributed by atoms with van der Waals surface area (Å²) in [6.07, 6.45) is -2.06. The van der Waals surface area contributed by atoms with E-state index >= 15 is 0 Å². The zero-order valence-electron chi connectivity index (χ0n) is 20.6. The van der Waals surface area contributed by atoms with Crippen molar-refractivity contribution in [2.45, 2.75) is 50.2 Å². The van der Waals surface area contributed by atoms with Crippen LogP contribution in [0.3, 0.4) is 0 Å².